The molecule has 4 aromatic rings. The second-order valence-electron chi connectivity index (χ2n) is 5.93. The van der Waals surface area contributed by atoms with Crippen LogP contribution in [0.1, 0.15) is 27.9 Å². The van der Waals surface area contributed by atoms with E-state index in [0.29, 0.717) is 0 Å². The minimum absolute atomic E-state index is 0.271. The molecule has 26 heavy (non-hydrogen) atoms. The molecule has 4 rings (SSSR count). The molecule has 0 aliphatic rings. The first kappa shape index (κ1) is 16.0. The zero-order chi connectivity index (χ0) is 17.9. The third-order valence-electron chi connectivity index (χ3n) is 4.28. The average Bonchev–Trinajstić information content (AvgIpc) is 3.04. The standard InChI is InChI=1S/C20H17N5O/c1-25-17-10-6-5-9-15(17)23-19(25)18(14-7-3-2-4-8-14)24-20(26)16-13-21-11-12-22-16/h2-13,18H,1H3,(H,24,26)/t18-/m1/s1. The van der Waals surface area contributed by atoms with E-state index in [4.69, 9.17) is 4.98 Å². The molecular formula is C20H17N5O. The number of imidazole rings is 1. The van der Waals surface area contributed by atoms with Gasteiger partial charge in [0.05, 0.1) is 17.2 Å². The number of aryl methyl sites for hydroxylation is 1. The smallest absolute Gasteiger partial charge is 0.272 e. The van der Waals surface area contributed by atoms with E-state index in [1.807, 2.05) is 66.2 Å². The lowest BCUT2D eigenvalue weighted by molar-refractivity contribution is 0.0935. The molecule has 0 fully saturated rings. The normalized spacial score (nSPS) is 12.0. The number of nitrogens with one attached hydrogen (secondary N) is 1. The van der Waals surface area contributed by atoms with E-state index in [0.717, 1.165) is 22.4 Å². The highest BCUT2D eigenvalue weighted by molar-refractivity contribution is 5.92. The third kappa shape index (κ3) is 2.93. The van der Waals surface area contributed by atoms with E-state index in [9.17, 15) is 4.79 Å². The highest BCUT2D eigenvalue weighted by Crippen LogP contribution is 2.25. The highest BCUT2D eigenvalue weighted by Gasteiger charge is 2.23. The van der Waals surface area contributed by atoms with Gasteiger partial charge in [0.1, 0.15) is 17.6 Å². The molecule has 1 atom stereocenters. The number of benzene rings is 2. The molecule has 0 saturated heterocycles. The number of rotatable bonds is 4. The zero-order valence-corrected chi connectivity index (χ0v) is 14.2. The highest BCUT2D eigenvalue weighted by atomic mass is 16.2. The molecule has 0 radical (unpaired) electrons. The lowest BCUT2D eigenvalue weighted by Gasteiger charge is -2.19. The SMILES string of the molecule is Cn1c([C@H](NC(=O)c2cnccn2)c2ccccc2)nc2ccccc21. The number of para-hydroxylation sites is 2. The Bertz CT molecular complexity index is 1040. The van der Waals surface area contributed by atoms with Crippen LogP contribution in [0.4, 0.5) is 0 Å². The molecule has 1 amide bonds. The number of carbonyl (C=O) groups is 1. The van der Waals surface area contributed by atoms with Crippen LogP contribution in [-0.4, -0.2) is 25.4 Å². The van der Waals surface area contributed by atoms with Gasteiger partial charge in [0.2, 0.25) is 0 Å². The van der Waals surface area contributed by atoms with Crippen molar-refractivity contribution < 1.29 is 4.79 Å². The molecule has 2 aromatic heterocycles. The second-order valence-corrected chi connectivity index (χ2v) is 5.93. The number of amides is 1. The van der Waals surface area contributed by atoms with Crippen LogP contribution in [0.2, 0.25) is 0 Å². The number of aromatic nitrogens is 4. The number of fused-ring (bicyclic) bond motifs is 1. The summed E-state index contributed by atoms with van der Waals surface area (Å²) in [5, 5.41) is 3.04. The summed E-state index contributed by atoms with van der Waals surface area (Å²) < 4.78 is 2.00. The van der Waals surface area contributed by atoms with E-state index in [1.54, 1.807) is 0 Å². The fourth-order valence-electron chi connectivity index (χ4n) is 2.99. The van der Waals surface area contributed by atoms with Crippen LogP contribution in [0.3, 0.4) is 0 Å². The Hall–Kier alpha value is -3.54. The molecule has 128 valence electrons. The number of hydrogen-bond acceptors (Lipinski definition) is 4. The van der Waals surface area contributed by atoms with Gasteiger partial charge in [0.25, 0.3) is 5.91 Å². The van der Waals surface area contributed by atoms with Gasteiger partial charge in [0.15, 0.2) is 0 Å². The van der Waals surface area contributed by atoms with Crippen molar-refractivity contribution in [1.29, 1.82) is 0 Å². The van der Waals surface area contributed by atoms with Gasteiger partial charge in [-0.2, -0.15) is 0 Å². The molecule has 6 heteroatoms. The van der Waals surface area contributed by atoms with Crippen molar-refractivity contribution in [3.05, 3.63) is 90.3 Å². The third-order valence-corrected chi connectivity index (χ3v) is 4.28. The summed E-state index contributed by atoms with van der Waals surface area (Å²) in [5.74, 6) is 0.466. The Morgan fingerprint density at radius 2 is 1.81 bits per heavy atom. The molecule has 0 aliphatic heterocycles. The predicted octanol–water partition coefficient (Wildman–Crippen LogP) is 2.88. The second kappa shape index (κ2) is 6.76. The van der Waals surface area contributed by atoms with Gasteiger partial charge >= 0.3 is 0 Å². The topological polar surface area (TPSA) is 72.7 Å². The first-order valence-corrected chi connectivity index (χ1v) is 8.27. The molecule has 2 aromatic carbocycles. The minimum atomic E-state index is -0.400. The molecule has 0 saturated carbocycles. The minimum Gasteiger partial charge on any atom is -0.337 e. The maximum Gasteiger partial charge on any atom is 0.272 e. The molecule has 2 heterocycles. The Balaban J connectivity index is 1.78. The van der Waals surface area contributed by atoms with Crippen LogP contribution >= 0.6 is 0 Å². The Labute approximate surface area is 150 Å². The summed E-state index contributed by atoms with van der Waals surface area (Å²) in [6.07, 6.45) is 4.49. The monoisotopic (exact) mass is 343 g/mol. The van der Waals surface area contributed by atoms with Crippen molar-refractivity contribution in [2.24, 2.45) is 7.05 Å². The molecule has 0 spiro atoms. The maximum atomic E-state index is 12.7. The van der Waals surface area contributed by atoms with Crippen molar-refractivity contribution in [2.45, 2.75) is 6.04 Å². The van der Waals surface area contributed by atoms with Crippen LogP contribution in [0.5, 0.6) is 0 Å². The zero-order valence-electron chi connectivity index (χ0n) is 14.2. The van der Waals surface area contributed by atoms with Gasteiger partial charge in [-0.05, 0) is 17.7 Å². The summed E-state index contributed by atoms with van der Waals surface area (Å²) in [5.41, 5.74) is 3.12. The molecular weight excluding hydrogens is 326 g/mol. The Morgan fingerprint density at radius 1 is 1.04 bits per heavy atom. The van der Waals surface area contributed by atoms with E-state index < -0.39 is 6.04 Å². The van der Waals surface area contributed by atoms with Gasteiger partial charge < -0.3 is 9.88 Å². The first-order chi connectivity index (χ1) is 12.7. The van der Waals surface area contributed by atoms with E-state index >= 15 is 0 Å². The summed E-state index contributed by atoms with van der Waals surface area (Å²) in [6, 6.07) is 17.3. The predicted molar refractivity (Wildman–Crippen MR) is 98.5 cm³/mol. The van der Waals surface area contributed by atoms with E-state index in [-0.39, 0.29) is 11.6 Å². The van der Waals surface area contributed by atoms with Crippen LogP contribution in [0.25, 0.3) is 11.0 Å². The first-order valence-electron chi connectivity index (χ1n) is 8.27. The molecule has 1 N–H and O–H groups in total. The van der Waals surface area contributed by atoms with Crippen LogP contribution in [-0.2, 0) is 7.05 Å². The number of carbonyl (C=O) groups excluding carboxylic acids is 1. The van der Waals surface area contributed by atoms with Gasteiger partial charge in [0, 0.05) is 19.4 Å². The lowest BCUT2D eigenvalue weighted by Crippen LogP contribution is -2.31. The van der Waals surface area contributed by atoms with Crippen molar-refractivity contribution in [3.63, 3.8) is 0 Å². The summed E-state index contributed by atoms with van der Waals surface area (Å²) in [7, 11) is 1.95. The van der Waals surface area contributed by atoms with Crippen LogP contribution in [0, 0.1) is 0 Å². The maximum absolute atomic E-state index is 12.7. The summed E-state index contributed by atoms with van der Waals surface area (Å²) in [4.78, 5) is 25.5. The summed E-state index contributed by atoms with van der Waals surface area (Å²) in [6.45, 7) is 0. The van der Waals surface area contributed by atoms with Crippen molar-refractivity contribution >= 4 is 16.9 Å². The van der Waals surface area contributed by atoms with Gasteiger partial charge in [-0.25, -0.2) is 9.97 Å². The van der Waals surface area contributed by atoms with Gasteiger partial charge in [-0.15, -0.1) is 0 Å². The fourth-order valence-corrected chi connectivity index (χ4v) is 2.99. The van der Waals surface area contributed by atoms with Crippen LogP contribution in [0.15, 0.2) is 73.2 Å². The molecule has 6 nitrogen and oxygen atoms in total. The Morgan fingerprint density at radius 3 is 2.54 bits per heavy atom. The van der Waals surface area contributed by atoms with Crippen molar-refractivity contribution in [2.75, 3.05) is 0 Å². The lowest BCUT2D eigenvalue weighted by atomic mass is 10.1. The molecule has 0 unspecified atom stereocenters. The largest absolute Gasteiger partial charge is 0.337 e. The number of hydrogen-bond donors (Lipinski definition) is 1. The quantitative estimate of drug-likeness (QED) is 0.618. The van der Waals surface area contributed by atoms with Crippen molar-refractivity contribution in [3.8, 4) is 0 Å². The fraction of sp³-hybridized carbons (Fsp3) is 0.100. The summed E-state index contributed by atoms with van der Waals surface area (Å²) >= 11 is 0. The van der Waals surface area contributed by atoms with Crippen molar-refractivity contribution in [1.82, 2.24) is 24.8 Å². The average molecular weight is 343 g/mol. The Kier molecular flexibility index (Phi) is 4.15. The number of nitrogens with zero attached hydrogens (tertiary/aromatic N) is 4. The molecule has 0 bridgehead atoms. The van der Waals surface area contributed by atoms with Gasteiger partial charge in [-0.3, -0.25) is 9.78 Å². The van der Waals surface area contributed by atoms with E-state index in [1.165, 1.54) is 18.6 Å². The van der Waals surface area contributed by atoms with Gasteiger partial charge in [-0.1, -0.05) is 42.5 Å². The molecule has 0 aliphatic carbocycles. The van der Waals surface area contributed by atoms with E-state index in [2.05, 4.69) is 15.3 Å². The van der Waals surface area contributed by atoms with Crippen LogP contribution < -0.4 is 5.32 Å².